The monoisotopic (exact) mass is 289 g/mol. The van der Waals surface area contributed by atoms with E-state index < -0.39 is 5.97 Å². The van der Waals surface area contributed by atoms with Crippen molar-refractivity contribution >= 4 is 34.9 Å². The number of carbonyl (C=O) groups excluding carboxylic acids is 1. The molecule has 0 bridgehead atoms. The molecule has 0 saturated carbocycles. The number of halogens is 2. The maximum Gasteiger partial charge on any atom is 0.338 e. The molecule has 1 aromatic rings. The van der Waals surface area contributed by atoms with E-state index in [4.69, 9.17) is 33.7 Å². The largest absolute Gasteiger partial charge is 0.459 e. The van der Waals surface area contributed by atoms with Gasteiger partial charge in [-0.15, -0.1) is 0 Å². The van der Waals surface area contributed by atoms with Crippen molar-refractivity contribution in [1.29, 1.82) is 0 Å². The third kappa shape index (κ3) is 4.07. The zero-order chi connectivity index (χ0) is 13.9. The topological polar surface area (TPSA) is 52.3 Å². The number of carbonyl (C=O) groups is 1. The smallest absolute Gasteiger partial charge is 0.338 e. The first-order valence-corrected chi connectivity index (χ1v) is 6.52. The minimum Gasteiger partial charge on any atom is -0.459 e. The molecule has 0 aliphatic carbocycles. The second-order valence-electron chi connectivity index (χ2n) is 4.71. The van der Waals surface area contributed by atoms with E-state index in [0.29, 0.717) is 11.5 Å². The van der Waals surface area contributed by atoms with E-state index in [1.807, 2.05) is 6.92 Å². The summed E-state index contributed by atoms with van der Waals surface area (Å²) < 4.78 is 5.30. The van der Waals surface area contributed by atoms with Gasteiger partial charge in [0, 0.05) is 0 Å². The van der Waals surface area contributed by atoms with Crippen LogP contribution in [0.5, 0.6) is 0 Å². The van der Waals surface area contributed by atoms with Crippen LogP contribution in [-0.4, -0.2) is 12.1 Å². The third-order valence-corrected chi connectivity index (χ3v) is 3.22. The van der Waals surface area contributed by atoms with Crippen molar-refractivity contribution in [1.82, 2.24) is 0 Å². The maximum atomic E-state index is 11.9. The van der Waals surface area contributed by atoms with Gasteiger partial charge in [0.15, 0.2) is 0 Å². The summed E-state index contributed by atoms with van der Waals surface area (Å²) in [6, 6.07) is 2.93. The zero-order valence-electron chi connectivity index (χ0n) is 10.7. The fraction of sp³-hybridized carbons (Fsp3) is 0.462. The summed E-state index contributed by atoms with van der Waals surface area (Å²) in [5, 5.41) is 0.503. The van der Waals surface area contributed by atoms with Crippen LogP contribution in [0.2, 0.25) is 10.0 Å². The fourth-order valence-corrected chi connectivity index (χ4v) is 2.03. The highest BCUT2D eigenvalue weighted by atomic mass is 35.5. The van der Waals surface area contributed by atoms with Gasteiger partial charge in [0.1, 0.15) is 0 Å². The van der Waals surface area contributed by atoms with Crippen LogP contribution in [0.15, 0.2) is 12.1 Å². The third-order valence-electron chi connectivity index (χ3n) is 2.40. The molecule has 0 aromatic heterocycles. The van der Waals surface area contributed by atoms with Crippen molar-refractivity contribution < 1.29 is 9.53 Å². The maximum absolute atomic E-state index is 11.9. The van der Waals surface area contributed by atoms with E-state index in [1.54, 1.807) is 0 Å². The molecule has 0 spiro atoms. The number of ether oxygens (including phenoxy) is 1. The molecular formula is C13H17Cl2NO2. The summed E-state index contributed by atoms with van der Waals surface area (Å²) in [5.41, 5.74) is 6.23. The molecule has 0 amide bonds. The van der Waals surface area contributed by atoms with Crippen molar-refractivity contribution in [2.45, 2.75) is 33.3 Å². The summed E-state index contributed by atoms with van der Waals surface area (Å²) >= 11 is 11.7. The SMILES string of the molecule is CC(C)CC(C)OC(=O)c1cc(N)c(Cl)c(Cl)c1. The van der Waals surface area contributed by atoms with Gasteiger partial charge in [-0.2, -0.15) is 0 Å². The minimum absolute atomic E-state index is 0.145. The number of nitrogen functional groups attached to an aromatic ring is 1. The first-order chi connectivity index (χ1) is 8.31. The highest BCUT2D eigenvalue weighted by Gasteiger charge is 2.16. The van der Waals surface area contributed by atoms with Crippen molar-refractivity contribution in [3.05, 3.63) is 27.7 Å². The molecule has 0 radical (unpaired) electrons. The van der Waals surface area contributed by atoms with Crippen LogP contribution in [0, 0.1) is 5.92 Å². The van der Waals surface area contributed by atoms with Crippen molar-refractivity contribution in [2.75, 3.05) is 5.73 Å². The molecule has 3 nitrogen and oxygen atoms in total. The summed E-state index contributed by atoms with van der Waals surface area (Å²) in [5.74, 6) is 0.0279. The second kappa shape index (κ2) is 6.30. The van der Waals surface area contributed by atoms with E-state index in [1.165, 1.54) is 12.1 Å². The highest BCUT2D eigenvalue weighted by Crippen LogP contribution is 2.29. The van der Waals surface area contributed by atoms with Gasteiger partial charge < -0.3 is 10.5 Å². The van der Waals surface area contributed by atoms with Gasteiger partial charge >= 0.3 is 5.97 Å². The summed E-state index contributed by atoms with van der Waals surface area (Å²) in [6.45, 7) is 6.00. The molecular weight excluding hydrogens is 273 g/mol. The van der Waals surface area contributed by atoms with Gasteiger partial charge in [-0.05, 0) is 31.4 Å². The van der Waals surface area contributed by atoms with Gasteiger partial charge in [-0.1, -0.05) is 37.0 Å². The van der Waals surface area contributed by atoms with E-state index in [9.17, 15) is 4.79 Å². The van der Waals surface area contributed by atoms with Gasteiger partial charge in [0.25, 0.3) is 0 Å². The normalized spacial score (nSPS) is 12.6. The van der Waals surface area contributed by atoms with Gasteiger partial charge in [0.2, 0.25) is 0 Å². The minimum atomic E-state index is -0.437. The fourth-order valence-electron chi connectivity index (χ4n) is 1.69. The lowest BCUT2D eigenvalue weighted by Crippen LogP contribution is -2.17. The Morgan fingerprint density at radius 3 is 2.44 bits per heavy atom. The lowest BCUT2D eigenvalue weighted by Gasteiger charge is -2.15. The molecule has 2 N–H and O–H groups in total. The molecule has 1 aromatic carbocycles. The van der Waals surface area contributed by atoms with Crippen LogP contribution in [0.1, 0.15) is 37.6 Å². The van der Waals surface area contributed by atoms with Gasteiger partial charge in [0.05, 0.1) is 27.4 Å². The molecule has 0 aliphatic heterocycles. The zero-order valence-corrected chi connectivity index (χ0v) is 12.2. The molecule has 18 heavy (non-hydrogen) atoms. The lowest BCUT2D eigenvalue weighted by atomic mass is 10.1. The first kappa shape index (κ1) is 15.1. The molecule has 0 saturated heterocycles. The summed E-state index contributed by atoms with van der Waals surface area (Å²) in [7, 11) is 0. The summed E-state index contributed by atoms with van der Waals surface area (Å²) in [4.78, 5) is 11.9. The van der Waals surface area contributed by atoms with Crippen molar-refractivity contribution in [2.24, 2.45) is 5.92 Å². The molecule has 0 fully saturated rings. The van der Waals surface area contributed by atoms with E-state index >= 15 is 0 Å². The Balaban J connectivity index is 2.79. The van der Waals surface area contributed by atoms with Gasteiger partial charge in [-0.3, -0.25) is 0 Å². The Kier molecular flexibility index (Phi) is 5.29. The van der Waals surface area contributed by atoms with Crippen molar-refractivity contribution in [3.63, 3.8) is 0 Å². The number of rotatable bonds is 4. The quantitative estimate of drug-likeness (QED) is 0.669. The Morgan fingerprint density at radius 2 is 1.94 bits per heavy atom. The Hall–Kier alpha value is -0.930. The van der Waals surface area contributed by atoms with Crippen LogP contribution in [-0.2, 0) is 4.74 Å². The number of hydrogen-bond acceptors (Lipinski definition) is 3. The molecule has 1 unspecified atom stereocenters. The number of benzene rings is 1. The Labute approximate surface area is 117 Å². The number of nitrogens with two attached hydrogens (primary N) is 1. The van der Waals surface area contributed by atoms with Crippen LogP contribution < -0.4 is 5.73 Å². The van der Waals surface area contributed by atoms with Crippen molar-refractivity contribution in [3.8, 4) is 0 Å². The van der Waals surface area contributed by atoms with Crippen LogP contribution in [0.4, 0.5) is 5.69 Å². The first-order valence-electron chi connectivity index (χ1n) is 5.76. The van der Waals surface area contributed by atoms with E-state index in [0.717, 1.165) is 6.42 Å². The standard InChI is InChI=1S/C13H17Cl2NO2/c1-7(2)4-8(3)18-13(17)9-5-10(14)12(15)11(16)6-9/h5-8H,4,16H2,1-3H3. The lowest BCUT2D eigenvalue weighted by molar-refractivity contribution is 0.0300. The predicted octanol–water partition coefficient (Wildman–Crippen LogP) is 4.17. The molecule has 1 rings (SSSR count). The van der Waals surface area contributed by atoms with E-state index in [2.05, 4.69) is 13.8 Å². The summed E-state index contributed by atoms with van der Waals surface area (Å²) in [6.07, 6.45) is 0.663. The number of hydrogen-bond donors (Lipinski definition) is 1. The number of esters is 1. The predicted molar refractivity (Wildman–Crippen MR) is 75.2 cm³/mol. The average molecular weight is 290 g/mol. The van der Waals surface area contributed by atoms with Crippen LogP contribution in [0.3, 0.4) is 0 Å². The molecule has 0 heterocycles. The molecule has 5 heteroatoms. The van der Waals surface area contributed by atoms with Gasteiger partial charge in [-0.25, -0.2) is 4.79 Å². The second-order valence-corrected chi connectivity index (χ2v) is 5.49. The Bertz CT molecular complexity index is 424. The Morgan fingerprint density at radius 1 is 1.33 bits per heavy atom. The van der Waals surface area contributed by atoms with Crippen LogP contribution >= 0.6 is 23.2 Å². The van der Waals surface area contributed by atoms with E-state index in [-0.39, 0.29) is 21.8 Å². The van der Waals surface area contributed by atoms with Crippen LogP contribution in [0.25, 0.3) is 0 Å². The molecule has 1 atom stereocenters. The molecule has 100 valence electrons. The molecule has 0 aliphatic rings. The number of anilines is 1. The highest BCUT2D eigenvalue weighted by molar-refractivity contribution is 6.43. The average Bonchev–Trinajstić information content (AvgIpc) is 2.23.